The number of hydrogen-bond donors (Lipinski definition) is 1. The Morgan fingerprint density at radius 3 is 2.62 bits per heavy atom. The number of likely N-dealkylation sites (N-methyl/N-ethyl adjacent to an activating group) is 1. The molecule has 2 rings (SSSR count). The highest BCUT2D eigenvalue weighted by atomic mass is 19.4. The van der Waals surface area contributed by atoms with Crippen LogP contribution in [0.4, 0.5) is 24.5 Å². The molecule has 0 atom stereocenters. The Labute approximate surface area is 135 Å². The van der Waals surface area contributed by atoms with Gasteiger partial charge in [0.1, 0.15) is 17.6 Å². The third-order valence-corrected chi connectivity index (χ3v) is 3.60. The highest BCUT2D eigenvalue weighted by Crippen LogP contribution is 2.34. The van der Waals surface area contributed by atoms with Crippen molar-refractivity contribution < 1.29 is 22.9 Å². The van der Waals surface area contributed by atoms with E-state index in [1.54, 1.807) is 4.90 Å². The van der Waals surface area contributed by atoms with Crippen molar-refractivity contribution in [1.29, 1.82) is 0 Å². The van der Waals surface area contributed by atoms with Gasteiger partial charge in [-0.3, -0.25) is 14.9 Å². The molecule has 1 N–H and O–H groups in total. The molecule has 0 unspecified atom stereocenters. The summed E-state index contributed by atoms with van der Waals surface area (Å²) in [5.41, 5.74) is -2.13. The van der Waals surface area contributed by atoms with Crippen LogP contribution < -0.4 is 10.2 Å². The van der Waals surface area contributed by atoms with Crippen LogP contribution in [0.5, 0.6) is 0 Å². The Hall–Kier alpha value is -2.43. The average Bonchev–Trinajstić information content (AvgIpc) is 2.54. The molecule has 0 aromatic carbocycles. The van der Waals surface area contributed by atoms with Crippen molar-refractivity contribution in [1.82, 2.24) is 15.2 Å². The Morgan fingerprint density at radius 2 is 2.08 bits per heavy atom. The molecule has 11 heteroatoms. The summed E-state index contributed by atoms with van der Waals surface area (Å²) in [7, 11) is 1.34. The second-order valence-corrected chi connectivity index (χ2v) is 5.30. The molecule has 1 fully saturated rings. The predicted octanol–water partition coefficient (Wildman–Crippen LogP) is 0.877. The van der Waals surface area contributed by atoms with E-state index in [9.17, 15) is 28.1 Å². The summed E-state index contributed by atoms with van der Waals surface area (Å²) in [6, 6.07) is 0.586. The first kappa shape index (κ1) is 17.9. The SMILES string of the molecule is CN(CC(=O)N1CCNCC1)c1cc(C(F)(F)F)ncc1[N+](=O)[O-]. The first-order valence-electron chi connectivity index (χ1n) is 7.11. The van der Waals surface area contributed by atoms with Gasteiger partial charge in [-0.15, -0.1) is 0 Å². The molecule has 0 spiro atoms. The first-order chi connectivity index (χ1) is 11.2. The number of nitrogens with zero attached hydrogens (tertiary/aromatic N) is 4. The lowest BCUT2D eigenvalue weighted by atomic mass is 10.2. The van der Waals surface area contributed by atoms with Crippen molar-refractivity contribution in [3.8, 4) is 0 Å². The second kappa shape index (κ2) is 6.99. The zero-order valence-corrected chi connectivity index (χ0v) is 12.8. The van der Waals surface area contributed by atoms with Crippen molar-refractivity contribution in [3.05, 3.63) is 28.1 Å². The fourth-order valence-electron chi connectivity index (χ4n) is 2.34. The second-order valence-electron chi connectivity index (χ2n) is 5.30. The number of piperazine rings is 1. The standard InChI is InChI=1S/C13H16F3N5O3/c1-19(8-12(22)20-4-2-17-3-5-20)9-6-11(13(14,15)16)18-7-10(9)21(23)24/h6-7,17H,2-5,8H2,1H3. The van der Waals surface area contributed by atoms with Crippen molar-refractivity contribution in [2.75, 3.05) is 44.7 Å². The Morgan fingerprint density at radius 1 is 1.46 bits per heavy atom. The number of pyridine rings is 1. The third-order valence-electron chi connectivity index (χ3n) is 3.60. The Balaban J connectivity index is 2.24. The summed E-state index contributed by atoms with van der Waals surface area (Å²) in [5, 5.41) is 14.1. The van der Waals surface area contributed by atoms with Crippen LogP contribution in [0.2, 0.25) is 0 Å². The Kier molecular flexibility index (Phi) is 5.22. The van der Waals surface area contributed by atoms with Gasteiger partial charge in [0.05, 0.1) is 11.5 Å². The largest absolute Gasteiger partial charge is 0.433 e. The van der Waals surface area contributed by atoms with Crippen LogP contribution in [-0.4, -0.2) is 60.5 Å². The van der Waals surface area contributed by atoms with Gasteiger partial charge >= 0.3 is 11.9 Å². The van der Waals surface area contributed by atoms with Gasteiger partial charge in [-0.05, 0) is 6.07 Å². The first-order valence-corrected chi connectivity index (χ1v) is 7.11. The third kappa shape index (κ3) is 4.10. The van der Waals surface area contributed by atoms with E-state index >= 15 is 0 Å². The summed E-state index contributed by atoms with van der Waals surface area (Å²) in [4.78, 5) is 28.2. The van der Waals surface area contributed by atoms with E-state index in [0.717, 1.165) is 4.90 Å². The minimum absolute atomic E-state index is 0.262. The van der Waals surface area contributed by atoms with Gasteiger partial charge in [-0.2, -0.15) is 13.2 Å². The molecule has 0 bridgehead atoms. The highest BCUT2D eigenvalue weighted by molar-refractivity contribution is 5.82. The molecular formula is C13H16F3N5O3. The number of nitrogens with one attached hydrogen (secondary N) is 1. The number of alkyl halides is 3. The number of carbonyl (C=O) groups excluding carboxylic acids is 1. The van der Waals surface area contributed by atoms with E-state index in [-0.39, 0.29) is 18.1 Å². The quantitative estimate of drug-likeness (QED) is 0.642. The monoisotopic (exact) mass is 347 g/mol. The minimum Gasteiger partial charge on any atom is -0.360 e. The Bertz CT molecular complexity index is 632. The lowest BCUT2D eigenvalue weighted by molar-refractivity contribution is -0.384. The fraction of sp³-hybridized carbons (Fsp3) is 0.538. The van der Waals surface area contributed by atoms with Crippen molar-refractivity contribution in [2.24, 2.45) is 0 Å². The molecule has 132 valence electrons. The summed E-state index contributed by atoms with van der Waals surface area (Å²) < 4.78 is 38.4. The maximum absolute atomic E-state index is 12.8. The molecule has 1 aliphatic rings. The van der Waals surface area contributed by atoms with Crippen LogP contribution in [0, 0.1) is 10.1 Å². The molecule has 1 aromatic rings. The van der Waals surface area contributed by atoms with E-state index in [0.29, 0.717) is 38.4 Å². The summed E-state index contributed by atoms with van der Waals surface area (Å²) >= 11 is 0. The van der Waals surface area contributed by atoms with Gasteiger partial charge in [-0.1, -0.05) is 0 Å². The molecule has 8 nitrogen and oxygen atoms in total. The van der Waals surface area contributed by atoms with Gasteiger partial charge in [0.25, 0.3) is 0 Å². The topological polar surface area (TPSA) is 91.6 Å². The molecule has 1 aliphatic heterocycles. The summed E-state index contributed by atoms with van der Waals surface area (Å²) in [5.74, 6) is -0.307. The molecule has 24 heavy (non-hydrogen) atoms. The van der Waals surface area contributed by atoms with Crippen molar-refractivity contribution in [3.63, 3.8) is 0 Å². The van der Waals surface area contributed by atoms with Crippen molar-refractivity contribution in [2.45, 2.75) is 6.18 Å². The van der Waals surface area contributed by atoms with Gasteiger partial charge in [0.2, 0.25) is 5.91 Å². The van der Waals surface area contributed by atoms with Crippen LogP contribution in [0.3, 0.4) is 0 Å². The molecule has 0 saturated carbocycles. The molecular weight excluding hydrogens is 331 g/mol. The molecule has 1 amide bonds. The molecule has 1 saturated heterocycles. The fourth-order valence-corrected chi connectivity index (χ4v) is 2.34. The maximum atomic E-state index is 12.8. The van der Waals surface area contributed by atoms with E-state index in [4.69, 9.17) is 0 Å². The van der Waals surface area contributed by atoms with E-state index in [1.165, 1.54) is 7.05 Å². The van der Waals surface area contributed by atoms with Crippen LogP contribution in [0.25, 0.3) is 0 Å². The van der Waals surface area contributed by atoms with Gasteiger partial charge in [0.15, 0.2) is 0 Å². The van der Waals surface area contributed by atoms with E-state index < -0.39 is 22.5 Å². The molecule has 0 aliphatic carbocycles. The van der Waals surface area contributed by atoms with Crippen LogP contribution in [0.1, 0.15) is 5.69 Å². The van der Waals surface area contributed by atoms with Gasteiger partial charge in [0, 0.05) is 33.2 Å². The van der Waals surface area contributed by atoms with Gasteiger partial charge < -0.3 is 15.1 Å². The average molecular weight is 347 g/mol. The van der Waals surface area contributed by atoms with Crippen LogP contribution >= 0.6 is 0 Å². The highest BCUT2D eigenvalue weighted by Gasteiger charge is 2.35. The zero-order chi connectivity index (χ0) is 17.9. The predicted molar refractivity (Wildman–Crippen MR) is 78.6 cm³/mol. The van der Waals surface area contributed by atoms with Gasteiger partial charge in [-0.25, -0.2) is 4.98 Å². The smallest absolute Gasteiger partial charge is 0.360 e. The number of anilines is 1. The summed E-state index contributed by atoms with van der Waals surface area (Å²) in [6.07, 6.45) is -4.17. The van der Waals surface area contributed by atoms with Crippen LogP contribution in [0.15, 0.2) is 12.3 Å². The van der Waals surface area contributed by atoms with E-state index in [2.05, 4.69) is 10.3 Å². The van der Waals surface area contributed by atoms with E-state index in [1.807, 2.05) is 0 Å². The molecule has 0 radical (unpaired) electrons. The maximum Gasteiger partial charge on any atom is 0.433 e. The lowest BCUT2D eigenvalue weighted by Gasteiger charge is -2.29. The number of nitro groups is 1. The zero-order valence-electron chi connectivity index (χ0n) is 12.8. The number of hydrogen-bond acceptors (Lipinski definition) is 6. The minimum atomic E-state index is -4.73. The number of halogens is 3. The molecule has 2 heterocycles. The van der Waals surface area contributed by atoms with Crippen molar-refractivity contribution >= 4 is 17.3 Å². The summed E-state index contributed by atoms with van der Waals surface area (Å²) in [6.45, 7) is 1.96. The molecule has 1 aromatic heterocycles. The number of amides is 1. The van der Waals surface area contributed by atoms with Crippen LogP contribution in [-0.2, 0) is 11.0 Å². The number of aromatic nitrogens is 1. The number of carbonyl (C=O) groups is 1. The lowest BCUT2D eigenvalue weighted by Crippen LogP contribution is -2.49. The number of rotatable bonds is 4. The normalized spacial score (nSPS) is 15.2.